The molecule has 41 heavy (non-hydrogen) atoms. The number of hydrogen-bond acceptors (Lipinski definition) is 4. The smallest absolute Gasteiger partial charge is 0.245 e. The van der Waals surface area contributed by atoms with Crippen LogP contribution in [0, 0.1) is 0 Å². The Hall–Kier alpha value is -1.36. The Morgan fingerprint density at radius 1 is 0.390 bits per heavy atom. The maximum atomic E-state index is 13.8. The molecule has 0 rings (SSSR count). The van der Waals surface area contributed by atoms with Crippen LogP contribution in [0.15, 0.2) is 0 Å². The molecule has 0 saturated carbocycles. The van der Waals surface area contributed by atoms with Crippen molar-refractivity contribution in [3.8, 4) is 0 Å². The molecule has 0 aromatic carbocycles. The van der Waals surface area contributed by atoms with Crippen molar-refractivity contribution in [2.24, 2.45) is 0 Å². The van der Waals surface area contributed by atoms with Crippen molar-refractivity contribution in [3.63, 3.8) is 0 Å². The van der Waals surface area contributed by atoms with Crippen molar-refractivity contribution < 1.29 is 110 Å². The molecule has 0 aliphatic heterocycles. The van der Waals surface area contributed by atoms with E-state index in [1.54, 1.807) is 0 Å². The van der Waals surface area contributed by atoms with Crippen molar-refractivity contribution in [2.45, 2.75) is 93.1 Å². The van der Waals surface area contributed by atoms with Crippen LogP contribution in [0.25, 0.3) is 0 Å². The first-order valence-electron chi connectivity index (χ1n) is 9.58. The predicted octanol–water partition coefficient (Wildman–Crippen LogP) is 7.76. The number of phosphoric acid groups is 1. The Bertz CT molecular complexity index is 745. The number of rotatable bonds is 18. The SMILES string of the molecule is O=P(OC(F)C(F)(F)C(F)C(F)C(F)F)(OC(F)C(F)(F)C(F)C(F)C(F)F)OC(F)C(F)(F)C(F)C(F)C(F)F. The van der Waals surface area contributed by atoms with Crippen LogP contribution in [0.1, 0.15) is 0 Å². The molecular formula is C15H12F21O4P. The minimum Gasteiger partial charge on any atom is -0.245 e. The molecule has 0 amide bonds. The van der Waals surface area contributed by atoms with Gasteiger partial charge in [0.1, 0.15) is 0 Å². The fraction of sp³-hybridized carbons (Fsp3) is 1.00. The summed E-state index contributed by atoms with van der Waals surface area (Å²) in [6.07, 6.45) is -60.3. The molecule has 0 N–H and O–H groups in total. The molecule has 0 aromatic heterocycles. The van der Waals surface area contributed by atoms with Gasteiger partial charge in [0.05, 0.1) is 0 Å². The summed E-state index contributed by atoms with van der Waals surface area (Å²) in [5, 5.41) is 0. The quantitative estimate of drug-likeness (QED) is 0.109. The molecule has 0 fully saturated rings. The molecule has 4 nitrogen and oxygen atoms in total. The highest BCUT2D eigenvalue weighted by atomic mass is 31.2. The predicted molar refractivity (Wildman–Crippen MR) is 87.8 cm³/mol. The fourth-order valence-electron chi connectivity index (χ4n) is 2.02. The zero-order valence-corrected chi connectivity index (χ0v) is 19.3. The van der Waals surface area contributed by atoms with E-state index in [4.69, 9.17) is 0 Å². The van der Waals surface area contributed by atoms with Gasteiger partial charge in [0.15, 0.2) is 18.5 Å². The molecule has 248 valence electrons. The monoisotopic (exact) mass is 686 g/mol. The summed E-state index contributed by atoms with van der Waals surface area (Å²) in [7, 11) is -7.95. The Labute approximate surface area is 212 Å². The van der Waals surface area contributed by atoms with Crippen LogP contribution >= 0.6 is 7.82 Å². The topological polar surface area (TPSA) is 44.8 Å². The van der Waals surface area contributed by atoms with E-state index < -0.39 is 101 Å². The average Bonchev–Trinajstić information content (AvgIpc) is 2.84. The summed E-state index contributed by atoms with van der Waals surface area (Å²) in [4.78, 5) is 0. The lowest BCUT2D eigenvalue weighted by molar-refractivity contribution is -0.251. The summed E-state index contributed by atoms with van der Waals surface area (Å²) in [6, 6.07) is 0. The molecule has 0 bridgehead atoms. The van der Waals surface area contributed by atoms with Crippen LogP contribution in [-0.4, -0.2) is 93.1 Å². The number of halogens is 21. The van der Waals surface area contributed by atoms with Crippen molar-refractivity contribution >= 4 is 7.82 Å². The van der Waals surface area contributed by atoms with Crippen molar-refractivity contribution in [1.82, 2.24) is 0 Å². The zero-order chi connectivity index (χ0) is 33.0. The number of phosphoric ester groups is 1. The molecule has 0 heterocycles. The highest BCUT2D eigenvalue weighted by Gasteiger charge is 2.63. The van der Waals surface area contributed by atoms with Crippen molar-refractivity contribution in [3.05, 3.63) is 0 Å². The largest absolute Gasteiger partial charge is 0.483 e. The van der Waals surface area contributed by atoms with E-state index in [2.05, 4.69) is 13.6 Å². The Balaban J connectivity index is 6.51. The Morgan fingerprint density at radius 2 is 0.561 bits per heavy atom. The van der Waals surface area contributed by atoms with Gasteiger partial charge in [-0.3, -0.25) is 0 Å². The van der Waals surface area contributed by atoms with E-state index >= 15 is 0 Å². The average molecular weight is 686 g/mol. The van der Waals surface area contributed by atoms with Gasteiger partial charge in [-0.15, -0.1) is 0 Å². The van der Waals surface area contributed by atoms with Gasteiger partial charge in [-0.05, 0) is 0 Å². The van der Waals surface area contributed by atoms with E-state index in [0.29, 0.717) is 0 Å². The van der Waals surface area contributed by atoms with Crippen LogP contribution in [0.3, 0.4) is 0 Å². The van der Waals surface area contributed by atoms with Crippen molar-refractivity contribution in [2.75, 3.05) is 0 Å². The standard InChI is InChI=1S/C15H12F21O4P/c16-1(7(22)23)4(19)13(31,32)10(28)38-41(37,39-11(29)14(33,34)5(20)2(17)8(24)25)40-12(30)15(35,36)6(21)3(18)9(26)27/h1-12H. The minimum absolute atomic E-state index is 2.63. The highest BCUT2D eigenvalue weighted by molar-refractivity contribution is 7.48. The second-order valence-corrected chi connectivity index (χ2v) is 8.80. The first kappa shape index (κ1) is 39.6. The van der Waals surface area contributed by atoms with Gasteiger partial charge in [0.25, 0.3) is 38.3 Å². The van der Waals surface area contributed by atoms with Crippen LogP contribution in [0.4, 0.5) is 92.2 Å². The Morgan fingerprint density at radius 3 is 0.707 bits per heavy atom. The zero-order valence-electron chi connectivity index (χ0n) is 18.4. The maximum absolute atomic E-state index is 13.8. The first-order valence-corrected chi connectivity index (χ1v) is 11.0. The molecule has 0 saturated heterocycles. The number of alkyl halides is 21. The molecule has 0 spiro atoms. The lowest BCUT2D eigenvalue weighted by atomic mass is 10.1. The third-order valence-electron chi connectivity index (χ3n) is 4.24. The molecule has 9 unspecified atom stereocenters. The van der Waals surface area contributed by atoms with Crippen LogP contribution in [0.2, 0.25) is 0 Å². The molecule has 0 aliphatic carbocycles. The van der Waals surface area contributed by atoms with E-state index in [0.717, 1.165) is 0 Å². The van der Waals surface area contributed by atoms with Gasteiger partial charge < -0.3 is 0 Å². The summed E-state index contributed by atoms with van der Waals surface area (Å²) in [6.45, 7) is 0. The molecule has 26 heteroatoms. The fourth-order valence-corrected chi connectivity index (χ4v) is 3.27. The summed E-state index contributed by atoms with van der Waals surface area (Å²) in [5.41, 5.74) is 0. The normalized spacial score (nSPS) is 22.1. The first-order chi connectivity index (χ1) is 18.2. The minimum atomic E-state index is -7.95. The van der Waals surface area contributed by atoms with Gasteiger partial charge in [0.2, 0.25) is 18.5 Å². The van der Waals surface area contributed by atoms with Crippen molar-refractivity contribution in [1.29, 1.82) is 0 Å². The third kappa shape index (κ3) is 9.57. The molecule has 0 aliphatic rings. The van der Waals surface area contributed by atoms with Gasteiger partial charge in [0, 0.05) is 0 Å². The lowest BCUT2D eigenvalue weighted by Gasteiger charge is -2.32. The number of hydrogen-bond donors (Lipinski definition) is 0. The second kappa shape index (κ2) is 14.4. The van der Waals surface area contributed by atoms with Gasteiger partial charge in [-0.1, -0.05) is 0 Å². The summed E-state index contributed by atoms with van der Waals surface area (Å²) < 4.78 is 294. The molecule has 0 aromatic rings. The van der Waals surface area contributed by atoms with Crippen LogP contribution in [0.5, 0.6) is 0 Å². The maximum Gasteiger partial charge on any atom is 0.483 e. The van der Waals surface area contributed by atoms with Gasteiger partial charge >= 0.3 is 25.6 Å². The van der Waals surface area contributed by atoms with Crippen LogP contribution < -0.4 is 0 Å². The molecule has 9 atom stereocenters. The molecular weight excluding hydrogens is 674 g/mol. The van der Waals surface area contributed by atoms with E-state index in [-0.39, 0.29) is 0 Å². The van der Waals surface area contributed by atoms with Gasteiger partial charge in [-0.25, -0.2) is 84.0 Å². The van der Waals surface area contributed by atoms with Gasteiger partial charge in [-0.2, -0.15) is 26.3 Å². The van der Waals surface area contributed by atoms with Crippen LogP contribution in [-0.2, 0) is 18.1 Å². The van der Waals surface area contributed by atoms with E-state index in [9.17, 15) is 96.8 Å². The summed E-state index contributed by atoms with van der Waals surface area (Å²) in [5.74, 6) is -19.5. The Kier molecular flexibility index (Phi) is 13.9. The summed E-state index contributed by atoms with van der Waals surface area (Å²) >= 11 is 0. The highest BCUT2D eigenvalue weighted by Crippen LogP contribution is 2.58. The van der Waals surface area contributed by atoms with E-state index in [1.807, 2.05) is 0 Å². The van der Waals surface area contributed by atoms with E-state index in [1.165, 1.54) is 0 Å². The third-order valence-corrected chi connectivity index (χ3v) is 5.57. The molecule has 0 radical (unpaired) electrons. The second-order valence-electron chi connectivity index (χ2n) is 7.28. The lowest BCUT2D eigenvalue weighted by Crippen LogP contribution is -2.50.